The fourth-order valence-electron chi connectivity index (χ4n) is 4.26. The molecule has 0 atom stereocenters. The molecule has 1 fully saturated rings. The molecule has 4 aromatic rings. The van der Waals surface area contributed by atoms with Crippen molar-refractivity contribution in [1.82, 2.24) is 20.4 Å². The average Bonchev–Trinajstić information content (AvgIpc) is 3.39. The van der Waals surface area contributed by atoms with Crippen LogP contribution in [0.5, 0.6) is 0 Å². The summed E-state index contributed by atoms with van der Waals surface area (Å²) in [6.07, 6.45) is 3.17. The van der Waals surface area contributed by atoms with E-state index in [1.165, 1.54) is 17.7 Å². The van der Waals surface area contributed by atoms with Crippen LogP contribution in [0.25, 0.3) is 22.8 Å². The predicted octanol–water partition coefficient (Wildman–Crippen LogP) is 4.78. The number of aromatic nitrogens is 3. The summed E-state index contributed by atoms with van der Waals surface area (Å²) in [6, 6.07) is 17.9. The van der Waals surface area contributed by atoms with Gasteiger partial charge in [0.25, 0.3) is 5.89 Å². The van der Waals surface area contributed by atoms with Crippen molar-refractivity contribution in [3.05, 3.63) is 83.8 Å². The van der Waals surface area contributed by atoms with E-state index in [1.54, 1.807) is 18.3 Å². The number of hydrogen-bond acceptors (Lipinski definition) is 6. The van der Waals surface area contributed by atoms with Crippen LogP contribution in [-0.4, -0.2) is 34.1 Å². The van der Waals surface area contributed by atoms with Gasteiger partial charge >= 0.3 is 0 Å². The molecule has 2 aromatic heterocycles. The first-order chi connectivity index (χ1) is 17.1. The molecular weight excluding hydrogens is 445 g/mol. The van der Waals surface area contributed by atoms with Crippen molar-refractivity contribution in [3.8, 4) is 22.8 Å². The van der Waals surface area contributed by atoms with Crippen LogP contribution in [0.15, 0.2) is 71.4 Å². The Balaban J connectivity index is 1.23. The Hall–Kier alpha value is -4.07. The molecule has 7 nitrogen and oxygen atoms in total. The van der Waals surface area contributed by atoms with E-state index in [1.807, 2.05) is 43.3 Å². The standard InChI is InChI=1S/C27H26FN5O2/c1-18-4-8-20(9-5-18)24-31-27(35-32-24)23-3-2-14-29-25(23)33-15-12-21(13-16-33)26(34)30-17-19-6-10-22(28)11-7-19/h2-11,14,21H,12-13,15-17H2,1H3,(H,30,34). The summed E-state index contributed by atoms with van der Waals surface area (Å²) in [4.78, 5) is 24.0. The van der Waals surface area contributed by atoms with Crippen LogP contribution < -0.4 is 10.2 Å². The zero-order valence-electron chi connectivity index (χ0n) is 19.4. The first-order valence-corrected chi connectivity index (χ1v) is 11.7. The second-order valence-electron chi connectivity index (χ2n) is 8.77. The third-order valence-corrected chi connectivity index (χ3v) is 6.30. The van der Waals surface area contributed by atoms with Gasteiger partial charge in [-0.05, 0) is 49.6 Å². The number of nitrogens with one attached hydrogen (secondary N) is 1. The SMILES string of the molecule is Cc1ccc(-c2noc(-c3cccnc3N3CCC(C(=O)NCc4ccc(F)cc4)CC3)n2)cc1. The minimum Gasteiger partial charge on any atom is -0.356 e. The van der Waals surface area contributed by atoms with E-state index in [-0.39, 0.29) is 17.6 Å². The van der Waals surface area contributed by atoms with Crippen LogP contribution in [0.4, 0.5) is 10.2 Å². The minimum atomic E-state index is -0.284. The number of amides is 1. The lowest BCUT2D eigenvalue weighted by Gasteiger charge is -2.32. The van der Waals surface area contributed by atoms with E-state index in [4.69, 9.17) is 4.52 Å². The summed E-state index contributed by atoms with van der Waals surface area (Å²) < 4.78 is 18.7. The molecule has 1 N–H and O–H groups in total. The van der Waals surface area contributed by atoms with Crippen molar-refractivity contribution in [2.45, 2.75) is 26.3 Å². The van der Waals surface area contributed by atoms with E-state index in [2.05, 4.69) is 25.3 Å². The number of piperidine rings is 1. The van der Waals surface area contributed by atoms with E-state index < -0.39 is 0 Å². The second-order valence-corrected chi connectivity index (χ2v) is 8.77. The molecule has 1 saturated heterocycles. The third-order valence-electron chi connectivity index (χ3n) is 6.30. The Bertz CT molecular complexity index is 1300. The lowest BCUT2D eigenvalue weighted by Crippen LogP contribution is -2.40. The highest BCUT2D eigenvalue weighted by Crippen LogP contribution is 2.32. The van der Waals surface area contributed by atoms with Crippen molar-refractivity contribution in [2.75, 3.05) is 18.0 Å². The number of carbonyl (C=O) groups is 1. The molecule has 8 heteroatoms. The van der Waals surface area contributed by atoms with Gasteiger partial charge in [-0.25, -0.2) is 9.37 Å². The van der Waals surface area contributed by atoms with Crippen LogP contribution in [0.2, 0.25) is 0 Å². The fourth-order valence-corrected chi connectivity index (χ4v) is 4.26. The highest BCUT2D eigenvalue weighted by molar-refractivity contribution is 5.79. The molecule has 35 heavy (non-hydrogen) atoms. The molecule has 3 heterocycles. The predicted molar refractivity (Wildman–Crippen MR) is 131 cm³/mol. The van der Waals surface area contributed by atoms with Gasteiger partial charge in [-0.3, -0.25) is 4.79 Å². The molecule has 178 valence electrons. The van der Waals surface area contributed by atoms with Crippen molar-refractivity contribution in [3.63, 3.8) is 0 Å². The number of nitrogens with zero attached hydrogens (tertiary/aromatic N) is 4. The van der Waals surface area contributed by atoms with E-state index in [0.29, 0.717) is 44.2 Å². The Morgan fingerprint density at radius 1 is 1.09 bits per heavy atom. The van der Waals surface area contributed by atoms with Crippen LogP contribution in [-0.2, 0) is 11.3 Å². The zero-order chi connectivity index (χ0) is 24.2. The van der Waals surface area contributed by atoms with Gasteiger partial charge in [0.15, 0.2) is 0 Å². The van der Waals surface area contributed by atoms with Gasteiger partial charge in [0.2, 0.25) is 11.7 Å². The fraction of sp³-hybridized carbons (Fsp3) is 0.259. The van der Waals surface area contributed by atoms with Crippen molar-refractivity contribution in [2.24, 2.45) is 5.92 Å². The summed E-state index contributed by atoms with van der Waals surface area (Å²) >= 11 is 0. The molecule has 0 unspecified atom stereocenters. The highest BCUT2D eigenvalue weighted by Gasteiger charge is 2.27. The van der Waals surface area contributed by atoms with E-state index >= 15 is 0 Å². The first kappa shape index (κ1) is 22.7. The molecule has 2 aromatic carbocycles. The number of carbonyl (C=O) groups excluding carboxylic acids is 1. The molecule has 0 radical (unpaired) electrons. The Kier molecular flexibility index (Phi) is 6.52. The van der Waals surface area contributed by atoms with Gasteiger partial charge in [-0.2, -0.15) is 4.98 Å². The number of benzene rings is 2. The Morgan fingerprint density at radius 3 is 2.57 bits per heavy atom. The van der Waals surface area contributed by atoms with E-state index in [0.717, 1.165) is 22.5 Å². The van der Waals surface area contributed by atoms with Gasteiger partial charge in [-0.1, -0.05) is 47.1 Å². The highest BCUT2D eigenvalue weighted by atomic mass is 19.1. The van der Waals surface area contributed by atoms with Crippen molar-refractivity contribution < 1.29 is 13.7 Å². The number of rotatable bonds is 6. The topological polar surface area (TPSA) is 84.2 Å². The van der Waals surface area contributed by atoms with Gasteiger partial charge in [0.05, 0.1) is 5.56 Å². The summed E-state index contributed by atoms with van der Waals surface area (Å²) in [5.74, 6) is 1.39. The van der Waals surface area contributed by atoms with Crippen LogP contribution >= 0.6 is 0 Å². The molecule has 0 saturated carbocycles. The quantitative estimate of drug-likeness (QED) is 0.436. The number of halogens is 1. The molecule has 1 aliphatic heterocycles. The number of hydrogen-bond donors (Lipinski definition) is 1. The van der Waals surface area contributed by atoms with Crippen LogP contribution in [0.1, 0.15) is 24.0 Å². The van der Waals surface area contributed by atoms with Gasteiger partial charge in [0.1, 0.15) is 11.6 Å². The third kappa shape index (κ3) is 5.21. The molecule has 1 aliphatic rings. The number of pyridine rings is 1. The summed E-state index contributed by atoms with van der Waals surface area (Å²) in [5, 5.41) is 7.13. The van der Waals surface area contributed by atoms with E-state index in [9.17, 15) is 9.18 Å². The number of aryl methyl sites for hydroxylation is 1. The lowest BCUT2D eigenvalue weighted by molar-refractivity contribution is -0.125. The Labute approximate surface area is 203 Å². The maximum atomic E-state index is 13.1. The van der Waals surface area contributed by atoms with Gasteiger partial charge in [-0.15, -0.1) is 0 Å². The molecule has 0 bridgehead atoms. The zero-order valence-corrected chi connectivity index (χ0v) is 19.4. The first-order valence-electron chi connectivity index (χ1n) is 11.7. The van der Waals surface area contributed by atoms with Crippen molar-refractivity contribution >= 4 is 11.7 Å². The average molecular weight is 472 g/mol. The molecular formula is C27H26FN5O2. The maximum absolute atomic E-state index is 13.1. The van der Waals surface area contributed by atoms with Crippen LogP contribution in [0.3, 0.4) is 0 Å². The molecule has 5 rings (SSSR count). The second kappa shape index (κ2) is 10.0. The Morgan fingerprint density at radius 2 is 1.83 bits per heavy atom. The van der Waals surface area contributed by atoms with Crippen LogP contribution in [0, 0.1) is 18.7 Å². The summed E-state index contributed by atoms with van der Waals surface area (Å²) in [7, 11) is 0. The maximum Gasteiger partial charge on any atom is 0.261 e. The lowest BCUT2D eigenvalue weighted by atomic mass is 9.95. The summed E-state index contributed by atoms with van der Waals surface area (Å²) in [5.41, 5.74) is 3.71. The molecule has 0 spiro atoms. The number of anilines is 1. The monoisotopic (exact) mass is 471 g/mol. The largest absolute Gasteiger partial charge is 0.356 e. The smallest absolute Gasteiger partial charge is 0.261 e. The summed E-state index contributed by atoms with van der Waals surface area (Å²) in [6.45, 7) is 3.81. The molecule has 1 amide bonds. The normalized spacial score (nSPS) is 14.2. The van der Waals surface area contributed by atoms with Gasteiger partial charge < -0.3 is 14.7 Å². The van der Waals surface area contributed by atoms with Crippen molar-refractivity contribution in [1.29, 1.82) is 0 Å². The minimum absolute atomic E-state index is 0.0230. The van der Waals surface area contributed by atoms with Gasteiger partial charge in [0, 0.05) is 37.3 Å². The molecule has 0 aliphatic carbocycles.